The molecule has 100 valence electrons. The van der Waals surface area contributed by atoms with E-state index >= 15 is 0 Å². The maximum absolute atomic E-state index is 11.6. The lowest BCUT2D eigenvalue weighted by molar-refractivity contribution is 0.155. The van der Waals surface area contributed by atoms with E-state index in [1.165, 1.54) is 6.08 Å². The maximum atomic E-state index is 11.6. The molecule has 0 spiro atoms. The molecule has 1 N–H and O–H groups in total. The predicted octanol–water partition coefficient (Wildman–Crippen LogP) is 3.40. The molecule has 2 aromatic carbocycles. The SMILES string of the molecule is O=C=Nc1ccc(NC(=O)OCc2ccccc2)cc1. The van der Waals surface area contributed by atoms with Crippen LogP contribution in [-0.4, -0.2) is 12.2 Å². The van der Waals surface area contributed by atoms with Crippen molar-refractivity contribution in [2.75, 3.05) is 5.32 Å². The third-order valence-corrected chi connectivity index (χ3v) is 2.50. The summed E-state index contributed by atoms with van der Waals surface area (Å²) in [7, 11) is 0. The third kappa shape index (κ3) is 4.08. The zero-order chi connectivity index (χ0) is 14.2. The Bertz CT molecular complexity index is 617. The Labute approximate surface area is 115 Å². The lowest BCUT2D eigenvalue weighted by Crippen LogP contribution is -2.13. The molecule has 0 aliphatic heterocycles. The molecule has 0 heterocycles. The van der Waals surface area contributed by atoms with Gasteiger partial charge in [0, 0.05) is 5.69 Å². The van der Waals surface area contributed by atoms with Gasteiger partial charge in [0.2, 0.25) is 6.08 Å². The summed E-state index contributed by atoms with van der Waals surface area (Å²) in [5, 5.41) is 2.58. The number of carbonyl (C=O) groups excluding carboxylic acids is 2. The standard InChI is InChI=1S/C15H12N2O3/c18-11-16-13-6-8-14(9-7-13)17-15(19)20-10-12-4-2-1-3-5-12/h1-9H,10H2,(H,17,19). The molecule has 20 heavy (non-hydrogen) atoms. The zero-order valence-electron chi connectivity index (χ0n) is 10.6. The molecule has 1 amide bonds. The molecule has 0 unspecified atom stereocenters. The highest BCUT2D eigenvalue weighted by atomic mass is 16.5. The van der Waals surface area contributed by atoms with Crippen LogP contribution >= 0.6 is 0 Å². The first-order valence-corrected chi connectivity index (χ1v) is 5.93. The summed E-state index contributed by atoms with van der Waals surface area (Å²) in [4.78, 5) is 25.1. The van der Waals surface area contributed by atoms with E-state index in [4.69, 9.17) is 4.74 Å². The number of benzene rings is 2. The molecule has 0 radical (unpaired) electrons. The smallest absolute Gasteiger partial charge is 0.411 e. The molecule has 0 saturated carbocycles. The second-order valence-electron chi connectivity index (χ2n) is 3.94. The molecule has 0 saturated heterocycles. The number of hydrogen-bond acceptors (Lipinski definition) is 4. The van der Waals surface area contributed by atoms with Gasteiger partial charge >= 0.3 is 6.09 Å². The normalized spacial score (nSPS) is 9.40. The first-order chi connectivity index (χ1) is 9.78. The minimum Gasteiger partial charge on any atom is -0.444 e. The maximum Gasteiger partial charge on any atom is 0.411 e. The second-order valence-corrected chi connectivity index (χ2v) is 3.94. The van der Waals surface area contributed by atoms with Crippen LogP contribution in [0.25, 0.3) is 0 Å². The summed E-state index contributed by atoms with van der Waals surface area (Å²) in [6.07, 6.45) is 0.904. The molecule has 0 fully saturated rings. The van der Waals surface area contributed by atoms with Crippen LogP contribution in [0.5, 0.6) is 0 Å². The Balaban J connectivity index is 1.86. The molecule has 0 aliphatic rings. The van der Waals surface area contributed by atoms with Crippen LogP contribution in [0.2, 0.25) is 0 Å². The van der Waals surface area contributed by atoms with Gasteiger partial charge in [-0.3, -0.25) is 5.32 Å². The molecule has 5 heteroatoms. The summed E-state index contributed by atoms with van der Waals surface area (Å²) in [6.45, 7) is 0.209. The Kier molecular flexibility index (Phi) is 4.65. The summed E-state index contributed by atoms with van der Waals surface area (Å²) in [5.74, 6) is 0. The van der Waals surface area contributed by atoms with Gasteiger partial charge in [-0.1, -0.05) is 30.3 Å². The molecule has 2 rings (SSSR count). The van der Waals surface area contributed by atoms with Crippen molar-refractivity contribution in [1.29, 1.82) is 0 Å². The van der Waals surface area contributed by atoms with E-state index in [9.17, 15) is 9.59 Å². The lowest BCUT2D eigenvalue weighted by Gasteiger charge is -2.07. The Hall–Kier alpha value is -2.91. The first-order valence-electron chi connectivity index (χ1n) is 5.93. The second kappa shape index (κ2) is 6.87. The van der Waals surface area contributed by atoms with Crippen LogP contribution in [0.3, 0.4) is 0 Å². The Morgan fingerprint density at radius 3 is 2.45 bits per heavy atom. The molecule has 5 nitrogen and oxygen atoms in total. The van der Waals surface area contributed by atoms with Crippen LogP contribution in [0.4, 0.5) is 16.2 Å². The molecular formula is C15H12N2O3. The van der Waals surface area contributed by atoms with Crippen molar-refractivity contribution in [3.05, 3.63) is 60.2 Å². The van der Waals surface area contributed by atoms with Crippen LogP contribution in [0.15, 0.2) is 59.6 Å². The minimum atomic E-state index is -0.541. The van der Waals surface area contributed by atoms with E-state index in [0.717, 1.165) is 5.56 Å². The van der Waals surface area contributed by atoms with Crippen molar-refractivity contribution in [2.45, 2.75) is 6.61 Å². The van der Waals surface area contributed by atoms with Crippen molar-refractivity contribution >= 4 is 23.5 Å². The monoisotopic (exact) mass is 268 g/mol. The Morgan fingerprint density at radius 2 is 1.80 bits per heavy atom. The number of aliphatic imine (C=N–C) groups is 1. The number of isocyanates is 1. The van der Waals surface area contributed by atoms with Crippen LogP contribution in [0, 0.1) is 0 Å². The topological polar surface area (TPSA) is 67.8 Å². The Morgan fingerprint density at radius 1 is 1.10 bits per heavy atom. The van der Waals surface area contributed by atoms with E-state index in [1.807, 2.05) is 30.3 Å². The first kappa shape index (κ1) is 13.5. The van der Waals surface area contributed by atoms with E-state index in [1.54, 1.807) is 24.3 Å². The fourth-order valence-corrected chi connectivity index (χ4v) is 1.55. The fraction of sp³-hybridized carbons (Fsp3) is 0.0667. The molecule has 0 bridgehead atoms. The van der Waals surface area contributed by atoms with Crippen LogP contribution in [0.1, 0.15) is 5.56 Å². The zero-order valence-corrected chi connectivity index (χ0v) is 10.6. The van der Waals surface area contributed by atoms with Crippen molar-refractivity contribution in [2.24, 2.45) is 4.99 Å². The lowest BCUT2D eigenvalue weighted by atomic mass is 10.2. The third-order valence-electron chi connectivity index (χ3n) is 2.50. The van der Waals surface area contributed by atoms with E-state index in [0.29, 0.717) is 11.4 Å². The van der Waals surface area contributed by atoms with Gasteiger partial charge in [-0.15, -0.1) is 0 Å². The van der Waals surface area contributed by atoms with Crippen molar-refractivity contribution in [1.82, 2.24) is 0 Å². The van der Waals surface area contributed by atoms with Crippen LogP contribution in [-0.2, 0) is 16.1 Å². The number of hydrogen-bond donors (Lipinski definition) is 1. The molecule has 2 aromatic rings. The highest BCUT2D eigenvalue weighted by Crippen LogP contribution is 2.15. The van der Waals surface area contributed by atoms with Gasteiger partial charge in [0.05, 0.1) is 5.69 Å². The van der Waals surface area contributed by atoms with Crippen molar-refractivity contribution in [3.63, 3.8) is 0 Å². The molecular weight excluding hydrogens is 256 g/mol. The fourth-order valence-electron chi connectivity index (χ4n) is 1.55. The molecule has 0 atom stereocenters. The number of carbonyl (C=O) groups is 1. The van der Waals surface area contributed by atoms with Gasteiger partial charge in [0.1, 0.15) is 6.61 Å². The number of nitrogens with zero attached hydrogens (tertiary/aromatic N) is 1. The molecule has 0 aromatic heterocycles. The number of rotatable bonds is 4. The van der Waals surface area contributed by atoms with Crippen LogP contribution < -0.4 is 5.32 Å². The minimum absolute atomic E-state index is 0.209. The quantitative estimate of drug-likeness (QED) is 0.682. The largest absolute Gasteiger partial charge is 0.444 e. The van der Waals surface area contributed by atoms with E-state index in [2.05, 4.69) is 10.3 Å². The summed E-state index contributed by atoms with van der Waals surface area (Å²) < 4.78 is 5.07. The average molecular weight is 268 g/mol. The highest BCUT2D eigenvalue weighted by molar-refractivity contribution is 5.84. The molecule has 0 aliphatic carbocycles. The summed E-state index contributed by atoms with van der Waals surface area (Å²) in [6, 6.07) is 15.8. The number of amides is 1. The number of anilines is 1. The van der Waals surface area contributed by atoms with Gasteiger partial charge in [0.25, 0.3) is 0 Å². The summed E-state index contributed by atoms with van der Waals surface area (Å²) >= 11 is 0. The number of nitrogens with one attached hydrogen (secondary N) is 1. The van der Waals surface area contributed by atoms with E-state index in [-0.39, 0.29) is 6.61 Å². The van der Waals surface area contributed by atoms with Gasteiger partial charge < -0.3 is 4.74 Å². The van der Waals surface area contributed by atoms with Gasteiger partial charge in [-0.25, -0.2) is 9.59 Å². The highest BCUT2D eigenvalue weighted by Gasteiger charge is 2.03. The van der Waals surface area contributed by atoms with Crippen molar-refractivity contribution in [3.8, 4) is 0 Å². The van der Waals surface area contributed by atoms with Gasteiger partial charge in [-0.05, 0) is 29.8 Å². The average Bonchev–Trinajstić information content (AvgIpc) is 2.49. The van der Waals surface area contributed by atoms with Gasteiger partial charge in [-0.2, -0.15) is 4.99 Å². The van der Waals surface area contributed by atoms with E-state index < -0.39 is 6.09 Å². The van der Waals surface area contributed by atoms with Crippen molar-refractivity contribution < 1.29 is 14.3 Å². The summed E-state index contributed by atoms with van der Waals surface area (Å²) in [5.41, 5.74) is 1.95. The van der Waals surface area contributed by atoms with Gasteiger partial charge in [0.15, 0.2) is 0 Å². The predicted molar refractivity (Wildman–Crippen MR) is 74.5 cm³/mol. The number of ether oxygens (including phenoxy) is 1.